The summed E-state index contributed by atoms with van der Waals surface area (Å²) >= 11 is 0. The molecule has 0 aliphatic carbocycles. The van der Waals surface area contributed by atoms with Crippen LogP contribution in [0.3, 0.4) is 0 Å². The number of benzene rings is 2. The highest BCUT2D eigenvalue weighted by Crippen LogP contribution is 2.38. The molecule has 0 bridgehead atoms. The monoisotopic (exact) mass is 403 g/mol. The third-order valence-electron chi connectivity index (χ3n) is 4.95. The molecule has 6 heteroatoms. The van der Waals surface area contributed by atoms with E-state index in [1.165, 1.54) is 0 Å². The number of pyridine rings is 1. The van der Waals surface area contributed by atoms with Gasteiger partial charge in [0.1, 0.15) is 17.7 Å². The molecular formula is C24H25N3O3. The summed E-state index contributed by atoms with van der Waals surface area (Å²) in [6, 6.07) is 19.2. The summed E-state index contributed by atoms with van der Waals surface area (Å²) in [6.07, 6.45) is 1.30. The summed E-state index contributed by atoms with van der Waals surface area (Å²) < 4.78 is 11.5. The van der Waals surface area contributed by atoms with Gasteiger partial charge in [-0.25, -0.2) is 0 Å². The van der Waals surface area contributed by atoms with Crippen molar-refractivity contribution < 1.29 is 14.3 Å². The molecule has 4 rings (SSSR count). The van der Waals surface area contributed by atoms with E-state index < -0.39 is 6.17 Å². The molecule has 0 fully saturated rings. The molecule has 3 aromatic rings. The first-order chi connectivity index (χ1) is 14.7. The lowest BCUT2D eigenvalue weighted by atomic mass is 10.2. The van der Waals surface area contributed by atoms with Crippen molar-refractivity contribution in [1.82, 2.24) is 9.88 Å². The van der Waals surface area contributed by atoms with Crippen molar-refractivity contribution in [3.05, 3.63) is 83.7 Å². The molecular weight excluding hydrogens is 378 g/mol. The number of nitrogens with one attached hydrogen (secondary N) is 1. The van der Waals surface area contributed by atoms with E-state index in [2.05, 4.69) is 10.3 Å². The van der Waals surface area contributed by atoms with Crippen molar-refractivity contribution in [1.29, 1.82) is 0 Å². The van der Waals surface area contributed by atoms with Gasteiger partial charge in [-0.15, -0.1) is 0 Å². The van der Waals surface area contributed by atoms with E-state index in [-0.39, 0.29) is 5.91 Å². The van der Waals surface area contributed by atoms with Gasteiger partial charge in [0, 0.05) is 18.8 Å². The lowest BCUT2D eigenvalue weighted by molar-refractivity contribution is 0.0727. The summed E-state index contributed by atoms with van der Waals surface area (Å²) in [5, 5.41) is 3.49. The van der Waals surface area contributed by atoms with Gasteiger partial charge in [-0.05, 0) is 43.7 Å². The summed E-state index contributed by atoms with van der Waals surface area (Å²) in [7, 11) is 0. The van der Waals surface area contributed by atoms with Gasteiger partial charge in [-0.1, -0.05) is 30.3 Å². The smallest absolute Gasteiger partial charge is 0.258 e. The largest absolute Gasteiger partial charge is 0.494 e. The normalized spacial score (nSPS) is 15.1. The van der Waals surface area contributed by atoms with Crippen LogP contribution >= 0.6 is 0 Å². The molecule has 1 aromatic heterocycles. The number of carbonyl (C=O) groups excluding carboxylic acids is 1. The van der Waals surface area contributed by atoms with Crippen LogP contribution in [0.15, 0.2) is 66.9 Å². The van der Waals surface area contributed by atoms with Gasteiger partial charge in [0.05, 0.1) is 30.2 Å². The van der Waals surface area contributed by atoms with E-state index in [0.29, 0.717) is 36.8 Å². The molecule has 0 saturated heterocycles. The van der Waals surface area contributed by atoms with Crippen LogP contribution in [0.25, 0.3) is 0 Å². The topological polar surface area (TPSA) is 63.7 Å². The molecule has 1 atom stereocenters. The van der Waals surface area contributed by atoms with Crippen LogP contribution in [0.4, 0.5) is 5.69 Å². The van der Waals surface area contributed by atoms with E-state index in [9.17, 15) is 4.79 Å². The van der Waals surface area contributed by atoms with Crippen molar-refractivity contribution in [2.75, 3.05) is 18.5 Å². The Kier molecular flexibility index (Phi) is 5.84. The minimum absolute atomic E-state index is 0.0432. The van der Waals surface area contributed by atoms with Crippen molar-refractivity contribution in [3.8, 4) is 11.5 Å². The van der Waals surface area contributed by atoms with Gasteiger partial charge in [0.15, 0.2) is 0 Å². The fourth-order valence-corrected chi connectivity index (χ4v) is 3.63. The highest BCUT2D eigenvalue weighted by Gasteiger charge is 2.38. The molecule has 6 nitrogen and oxygen atoms in total. The predicted octanol–water partition coefficient (Wildman–Crippen LogP) is 4.65. The molecule has 0 saturated carbocycles. The summed E-state index contributed by atoms with van der Waals surface area (Å²) in [4.78, 5) is 19.5. The Bertz CT molecular complexity index is 1020. The molecule has 0 unspecified atom stereocenters. The van der Waals surface area contributed by atoms with E-state index in [4.69, 9.17) is 9.47 Å². The molecule has 1 aliphatic heterocycles. The number of amides is 1. The van der Waals surface area contributed by atoms with Crippen molar-refractivity contribution in [2.45, 2.75) is 26.6 Å². The second kappa shape index (κ2) is 8.86. The Morgan fingerprint density at radius 3 is 2.57 bits per heavy atom. The first kappa shape index (κ1) is 19.8. The van der Waals surface area contributed by atoms with Crippen molar-refractivity contribution in [2.24, 2.45) is 0 Å². The van der Waals surface area contributed by atoms with E-state index in [1.807, 2.05) is 68.4 Å². The Labute approximate surface area is 176 Å². The Hall–Kier alpha value is -3.54. The number of carbonyl (C=O) groups is 1. The highest BCUT2D eigenvalue weighted by atomic mass is 16.5. The van der Waals surface area contributed by atoms with Crippen LogP contribution in [-0.2, 0) is 6.54 Å². The number of hydrogen-bond acceptors (Lipinski definition) is 5. The van der Waals surface area contributed by atoms with Gasteiger partial charge < -0.3 is 19.7 Å². The second-order valence-corrected chi connectivity index (χ2v) is 6.93. The summed E-state index contributed by atoms with van der Waals surface area (Å²) in [5.74, 6) is 1.40. The SMILES string of the molecule is CCOc1ccc(OCC)c(N[C@@H]2c3ncccc3C(=O)N2Cc2ccccc2)c1. The van der Waals surface area contributed by atoms with Crippen LogP contribution in [-0.4, -0.2) is 29.0 Å². The van der Waals surface area contributed by atoms with E-state index >= 15 is 0 Å². The summed E-state index contributed by atoms with van der Waals surface area (Å²) in [6.45, 7) is 5.47. The molecule has 0 radical (unpaired) electrons. The minimum Gasteiger partial charge on any atom is -0.494 e. The van der Waals surface area contributed by atoms with Gasteiger partial charge >= 0.3 is 0 Å². The third-order valence-corrected chi connectivity index (χ3v) is 4.95. The van der Waals surface area contributed by atoms with Crippen LogP contribution in [0.1, 0.15) is 41.6 Å². The van der Waals surface area contributed by atoms with Gasteiger partial charge in [-0.3, -0.25) is 9.78 Å². The average Bonchev–Trinajstić information content (AvgIpc) is 3.03. The fraction of sp³-hybridized carbons (Fsp3) is 0.250. The first-order valence-electron chi connectivity index (χ1n) is 10.2. The van der Waals surface area contributed by atoms with Crippen LogP contribution < -0.4 is 14.8 Å². The number of nitrogens with zero attached hydrogens (tertiary/aromatic N) is 2. The number of hydrogen-bond donors (Lipinski definition) is 1. The quantitative estimate of drug-likeness (QED) is 0.593. The van der Waals surface area contributed by atoms with Crippen molar-refractivity contribution in [3.63, 3.8) is 0 Å². The summed E-state index contributed by atoms with van der Waals surface area (Å²) in [5.41, 5.74) is 3.14. The van der Waals surface area contributed by atoms with Crippen LogP contribution in [0.5, 0.6) is 11.5 Å². The maximum atomic E-state index is 13.2. The number of anilines is 1. The third kappa shape index (κ3) is 3.94. The maximum Gasteiger partial charge on any atom is 0.258 e. The molecule has 1 N–H and O–H groups in total. The predicted molar refractivity (Wildman–Crippen MR) is 116 cm³/mol. The molecule has 1 aliphatic rings. The Morgan fingerprint density at radius 1 is 1.00 bits per heavy atom. The standard InChI is InChI=1S/C24H25N3O3/c1-3-29-18-12-13-21(30-4-2)20(15-18)26-23-22-19(11-8-14-25-22)24(28)27(23)16-17-9-6-5-7-10-17/h5-15,23,26H,3-4,16H2,1-2H3/t23-/m0/s1. The Balaban J connectivity index is 1.71. The zero-order chi connectivity index (χ0) is 20.9. The number of ether oxygens (including phenoxy) is 2. The van der Waals surface area contributed by atoms with Gasteiger partial charge in [0.25, 0.3) is 5.91 Å². The molecule has 0 spiro atoms. The van der Waals surface area contributed by atoms with E-state index in [1.54, 1.807) is 17.2 Å². The Morgan fingerprint density at radius 2 is 1.80 bits per heavy atom. The van der Waals surface area contributed by atoms with Crippen LogP contribution in [0, 0.1) is 0 Å². The lowest BCUT2D eigenvalue weighted by Gasteiger charge is -2.27. The molecule has 2 aromatic carbocycles. The second-order valence-electron chi connectivity index (χ2n) is 6.93. The first-order valence-corrected chi connectivity index (χ1v) is 10.2. The van der Waals surface area contributed by atoms with Gasteiger partial charge in [0.2, 0.25) is 0 Å². The zero-order valence-electron chi connectivity index (χ0n) is 17.2. The maximum absolute atomic E-state index is 13.2. The molecule has 2 heterocycles. The molecule has 30 heavy (non-hydrogen) atoms. The molecule has 1 amide bonds. The average molecular weight is 403 g/mol. The molecule has 154 valence electrons. The number of fused-ring (bicyclic) bond motifs is 1. The number of aromatic nitrogens is 1. The van der Waals surface area contributed by atoms with E-state index in [0.717, 1.165) is 17.0 Å². The fourth-order valence-electron chi connectivity index (χ4n) is 3.63. The van der Waals surface area contributed by atoms with Crippen LogP contribution in [0.2, 0.25) is 0 Å². The van der Waals surface area contributed by atoms with Crippen molar-refractivity contribution >= 4 is 11.6 Å². The highest BCUT2D eigenvalue weighted by molar-refractivity contribution is 5.99. The minimum atomic E-state index is -0.412. The van der Waals surface area contributed by atoms with Gasteiger partial charge in [-0.2, -0.15) is 0 Å². The number of rotatable bonds is 8. The zero-order valence-corrected chi connectivity index (χ0v) is 17.2. The lowest BCUT2D eigenvalue weighted by Crippen LogP contribution is -2.32.